The monoisotopic (exact) mass is 243 g/mol. The van der Waals surface area contributed by atoms with Gasteiger partial charge in [0, 0.05) is 10.9 Å². The van der Waals surface area contributed by atoms with Crippen molar-refractivity contribution >= 4 is 29.2 Å². The van der Waals surface area contributed by atoms with Gasteiger partial charge in [0.25, 0.3) is 0 Å². The van der Waals surface area contributed by atoms with Crippen molar-refractivity contribution in [2.75, 3.05) is 0 Å². The molecule has 0 aromatic heterocycles. The zero-order valence-electron chi connectivity index (χ0n) is 7.63. The summed E-state index contributed by atoms with van der Waals surface area (Å²) in [5.41, 5.74) is 1.45. The number of hydrogen-bond donors (Lipinski definition) is 1. The van der Waals surface area contributed by atoms with Crippen molar-refractivity contribution in [2.24, 2.45) is 0 Å². The van der Waals surface area contributed by atoms with Crippen molar-refractivity contribution in [2.45, 2.75) is 12.3 Å². The summed E-state index contributed by atoms with van der Waals surface area (Å²) in [4.78, 5) is 10.5. The minimum absolute atomic E-state index is 0.159. The van der Waals surface area contributed by atoms with Gasteiger partial charge in [0.15, 0.2) is 0 Å². The molecule has 15 heavy (non-hydrogen) atoms. The fourth-order valence-corrected chi connectivity index (χ4v) is 1.63. The topological polar surface area (TPSA) is 61.1 Å². The molecule has 1 aromatic rings. The van der Waals surface area contributed by atoms with E-state index in [4.69, 9.17) is 33.6 Å². The van der Waals surface area contributed by atoms with Gasteiger partial charge in [-0.3, -0.25) is 4.79 Å². The highest BCUT2D eigenvalue weighted by atomic mass is 35.5. The van der Waals surface area contributed by atoms with Crippen LogP contribution in [0.5, 0.6) is 0 Å². The number of nitriles is 1. The van der Waals surface area contributed by atoms with E-state index in [0.29, 0.717) is 16.7 Å². The maximum atomic E-state index is 10.5. The van der Waals surface area contributed by atoms with Crippen molar-refractivity contribution in [3.8, 4) is 6.07 Å². The van der Waals surface area contributed by atoms with E-state index in [1.165, 1.54) is 6.07 Å². The minimum Gasteiger partial charge on any atom is -0.481 e. The number of aliphatic carboxylic acids is 1. The number of benzene rings is 1. The van der Waals surface area contributed by atoms with Gasteiger partial charge in [0.2, 0.25) is 0 Å². The van der Waals surface area contributed by atoms with Gasteiger partial charge in [-0.15, -0.1) is 11.6 Å². The molecule has 0 aliphatic carbocycles. The molecule has 0 amide bonds. The molecule has 1 N–H and O–H groups in total. The molecule has 78 valence electrons. The Labute approximate surface area is 96.8 Å². The fraction of sp³-hybridized carbons (Fsp3) is 0.200. The average Bonchev–Trinajstić information content (AvgIpc) is 2.19. The molecule has 0 atom stereocenters. The Hall–Kier alpha value is -1.24. The zero-order chi connectivity index (χ0) is 11.4. The Morgan fingerprint density at radius 3 is 2.60 bits per heavy atom. The fourth-order valence-electron chi connectivity index (χ4n) is 1.18. The minimum atomic E-state index is -0.970. The number of carboxylic acid groups (broad SMARTS) is 1. The van der Waals surface area contributed by atoms with Crippen molar-refractivity contribution in [3.63, 3.8) is 0 Å². The summed E-state index contributed by atoms with van der Waals surface area (Å²) in [6, 6.07) is 4.95. The van der Waals surface area contributed by atoms with Crippen LogP contribution in [0.25, 0.3) is 0 Å². The van der Waals surface area contributed by atoms with Gasteiger partial charge in [-0.05, 0) is 17.2 Å². The molecule has 1 aromatic carbocycles. The van der Waals surface area contributed by atoms with Gasteiger partial charge in [-0.25, -0.2) is 0 Å². The van der Waals surface area contributed by atoms with Crippen LogP contribution < -0.4 is 0 Å². The molecule has 0 aliphatic heterocycles. The first-order valence-corrected chi connectivity index (χ1v) is 4.99. The molecule has 0 heterocycles. The van der Waals surface area contributed by atoms with E-state index in [9.17, 15) is 4.79 Å². The number of rotatable bonds is 3. The highest BCUT2D eigenvalue weighted by Crippen LogP contribution is 2.23. The van der Waals surface area contributed by atoms with Gasteiger partial charge in [0.1, 0.15) is 0 Å². The van der Waals surface area contributed by atoms with Crippen LogP contribution in [-0.2, 0) is 17.1 Å². The first kappa shape index (κ1) is 11.8. The Morgan fingerprint density at radius 1 is 1.47 bits per heavy atom. The van der Waals surface area contributed by atoms with Crippen LogP contribution in [0.2, 0.25) is 5.02 Å². The first-order chi connectivity index (χ1) is 7.08. The van der Waals surface area contributed by atoms with Crippen LogP contribution in [0, 0.1) is 11.3 Å². The second-order valence-corrected chi connectivity index (χ2v) is 3.59. The van der Waals surface area contributed by atoms with Crippen LogP contribution in [-0.4, -0.2) is 11.1 Å². The molecule has 0 aliphatic rings. The SMILES string of the molecule is N#Cc1cc(Cl)c(CC(=O)O)cc1CCl. The van der Waals surface area contributed by atoms with E-state index in [0.717, 1.165) is 0 Å². The van der Waals surface area contributed by atoms with Crippen molar-refractivity contribution in [1.29, 1.82) is 5.26 Å². The molecule has 0 radical (unpaired) electrons. The Bertz CT molecular complexity index is 438. The summed E-state index contributed by atoms with van der Waals surface area (Å²) in [6.45, 7) is 0. The normalized spacial score (nSPS) is 9.67. The molecule has 0 fully saturated rings. The maximum absolute atomic E-state index is 10.5. The Balaban J connectivity index is 3.21. The zero-order valence-corrected chi connectivity index (χ0v) is 9.14. The molecular formula is C10H7Cl2NO2. The molecular weight excluding hydrogens is 237 g/mol. The summed E-state index contributed by atoms with van der Waals surface area (Å²) < 4.78 is 0. The van der Waals surface area contributed by atoms with Gasteiger partial charge in [-0.2, -0.15) is 5.26 Å². The summed E-state index contributed by atoms with van der Waals surface area (Å²) in [7, 11) is 0. The summed E-state index contributed by atoms with van der Waals surface area (Å²) in [5.74, 6) is -0.811. The average molecular weight is 244 g/mol. The summed E-state index contributed by atoms with van der Waals surface area (Å²) >= 11 is 11.5. The Kier molecular flexibility index (Phi) is 3.96. The summed E-state index contributed by atoms with van der Waals surface area (Å²) in [6.07, 6.45) is -0.172. The third-order valence-corrected chi connectivity index (χ3v) is 2.52. The maximum Gasteiger partial charge on any atom is 0.307 e. The molecule has 0 unspecified atom stereocenters. The lowest BCUT2D eigenvalue weighted by Crippen LogP contribution is -2.02. The third-order valence-electron chi connectivity index (χ3n) is 1.88. The van der Waals surface area contributed by atoms with Gasteiger partial charge in [0.05, 0.1) is 18.1 Å². The number of carbonyl (C=O) groups is 1. The predicted octanol–water partition coefficient (Wildman–Crippen LogP) is 2.58. The van der Waals surface area contributed by atoms with Crippen LogP contribution in [0.15, 0.2) is 12.1 Å². The lowest BCUT2D eigenvalue weighted by atomic mass is 10.0. The lowest BCUT2D eigenvalue weighted by Gasteiger charge is -2.05. The summed E-state index contributed by atoms with van der Waals surface area (Å²) in [5, 5.41) is 17.7. The predicted molar refractivity (Wildman–Crippen MR) is 57.1 cm³/mol. The van der Waals surface area contributed by atoms with E-state index in [1.54, 1.807) is 6.07 Å². The number of hydrogen-bond acceptors (Lipinski definition) is 2. The van der Waals surface area contributed by atoms with Crippen molar-refractivity contribution in [3.05, 3.63) is 33.8 Å². The van der Waals surface area contributed by atoms with Gasteiger partial charge in [-0.1, -0.05) is 17.7 Å². The van der Waals surface area contributed by atoms with E-state index in [2.05, 4.69) is 0 Å². The Morgan fingerprint density at radius 2 is 2.13 bits per heavy atom. The van der Waals surface area contributed by atoms with E-state index >= 15 is 0 Å². The number of halogens is 2. The molecule has 3 nitrogen and oxygen atoms in total. The quantitative estimate of drug-likeness (QED) is 0.831. The van der Waals surface area contributed by atoms with Gasteiger partial charge < -0.3 is 5.11 Å². The highest BCUT2D eigenvalue weighted by molar-refractivity contribution is 6.31. The first-order valence-electron chi connectivity index (χ1n) is 4.07. The molecule has 0 saturated carbocycles. The standard InChI is InChI=1S/C10H7Cl2NO2/c11-4-7-1-6(3-10(14)15)9(12)2-8(7)5-13/h1-2H,3-4H2,(H,14,15). The molecule has 5 heteroatoms. The van der Waals surface area contributed by atoms with Crippen molar-refractivity contribution < 1.29 is 9.90 Å². The molecule has 0 bridgehead atoms. The highest BCUT2D eigenvalue weighted by Gasteiger charge is 2.10. The van der Waals surface area contributed by atoms with Crippen LogP contribution in [0.1, 0.15) is 16.7 Å². The molecule has 0 saturated heterocycles. The molecule has 1 rings (SSSR count). The lowest BCUT2D eigenvalue weighted by molar-refractivity contribution is -0.136. The smallest absolute Gasteiger partial charge is 0.307 e. The molecule has 0 spiro atoms. The van der Waals surface area contributed by atoms with E-state index < -0.39 is 5.97 Å². The number of carboxylic acids is 1. The number of alkyl halides is 1. The van der Waals surface area contributed by atoms with Crippen LogP contribution in [0.4, 0.5) is 0 Å². The van der Waals surface area contributed by atoms with E-state index in [1.807, 2.05) is 6.07 Å². The van der Waals surface area contributed by atoms with Crippen LogP contribution >= 0.6 is 23.2 Å². The number of nitrogens with zero attached hydrogens (tertiary/aromatic N) is 1. The second kappa shape index (κ2) is 5.01. The van der Waals surface area contributed by atoms with E-state index in [-0.39, 0.29) is 17.3 Å². The van der Waals surface area contributed by atoms with Crippen molar-refractivity contribution in [1.82, 2.24) is 0 Å². The van der Waals surface area contributed by atoms with Gasteiger partial charge >= 0.3 is 5.97 Å². The largest absolute Gasteiger partial charge is 0.481 e. The van der Waals surface area contributed by atoms with Crippen LogP contribution in [0.3, 0.4) is 0 Å². The second-order valence-electron chi connectivity index (χ2n) is 2.92. The third kappa shape index (κ3) is 2.85.